The average Bonchev–Trinajstić information content (AvgIpc) is 3.06. The van der Waals surface area contributed by atoms with Crippen LogP contribution in [0.1, 0.15) is 12.5 Å². The van der Waals surface area contributed by atoms with Crippen LogP contribution < -0.4 is 23.8 Å². The number of hydrogen-bond acceptors (Lipinski definition) is 7. The second-order valence-corrected chi connectivity index (χ2v) is 6.80. The number of methoxy groups -OCH3 is 5. The maximum atomic E-state index is 13.5. The summed E-state index contributed by atoms with van der Waals surface area (Å²) in [5.74, 6) is 1.08. The Morgan fingerprint density at radius 1 is 0.844 bits per heavy atom. The molecule has 2 aromatic rings. The van der Waals surface area contributed by atoms with Gasteiger partial charge in [0.15, 0.2) is 11.5 Å². The van der Waals surface area contributed by atoms with Crippen LogP contribution in [0.15, 0.2) is 53.2 Å². The van der Waals surface area contributed by atoms with Gasteiger partial charge in [0.1, 0.15) is 11.5 Å². The van der Waals surface area contributed by atoms with Crippen LogP contribution in [0.2, 0.25) is 0 Å². The summed E-state index contributed by atoms with van der Waals surface area (Å²) < 4.78 is 26.3. The molecular weight excluding hydrogens is 414 g/mol. The Kier molecular flexibility index (Phi) is 6.73. The number of hydrogen-bond donors (Lipinski definition) is 0. The van der Waals surface area contributed by atoms with Crippen LogP contribution in [0.4, 0.5) is 5.69 Å². The number of ether oxygens (including phenoxy) is 5. The molecule has 0 radical (unpaired) electrons. The number of rotatable bonds is 7. The second kappa shape index (κ2) is 9.47. The van der Waals surface area contributed by atoms with Crippen LogP contribution in [-0.4, -0.2) is 47.4 Å². The first-order valence-electron chi connectivity index (χ1n) is 9.69. The standard InChI is InChI=1S/C24H25NO7/c1-14-22(24(27)32-6)18(12-15-11-17(28-2)8-10-19(15)29-3)23(26)25(14)16-7-9-20(30-4)21(13-16)31-5/h7-13H,1-6H3. The Balaban J connectivity index is 2.18. The smallest absolute Gasteiger partial charge is 0.340 e. The van der Waals surface area contributed by atoms with Gasteiger partial charge in [-0.05, 0) is 43.3 Å². The SMILES string of the molecule is COC(=O)C1=C(C)N(c2ccc(OC)c(OC)c2)C(=O)C1=Cc1cc(OC)ccc1OC. The highest BCUT2D eigenvalue weighted by atomic mass is 16.5. The zero-order valence-electron chi connectivity index (χ0n) is 18.8. The number of anilines is 1. The number of benzene rings is 2. The molecule has 0 saturated heterocycles. The summed E-state index contributed by atoms with van der Waals surface area (Å²) in [7, 11) is 7.38. The quantitative estimate of drug-likeness (QED) is 0.481. The third-order valence-corrected chi connectivity index (χ3v) is 5.15. The van der Waals surface area contributed by atoms with Gasteiger partial charge in [0.05, 0.1) is 52.4 Å². The maximum absolute atomic E-state index is 13.5. The topological polar surface area (TPSA) is 83.5 Å². The molecule has 0 aliphatic carbocycles. The minimum Gasteiger partial charge on any atom is -0.497 e. The summed E-state index contributed by atoms with van der Waals surface area (Å²) in [5, 5.41) is 0. The monoisotopic (exact) mass is 439 g/mol. The van der Waals surface area contributed by atoms with Crippen LogP contribution in [0.25, 0.3) is 6.08 Å². The molecule has 3 rings (SSSR count). The van der Waals surface area contributed by atoms with Gasteiger partial charge >= 0.3 is 5.97 Å². The van der Waals surface area contributed by atoms with Gasteiger partial charge in [0, 0.05) is 17.3 Å². The number of allylic oxidation sites excluding steroid dienone is 1. The molecule has 168 valence electrons. The van der Waals surface area contributed by atoms with Crippen molar-refractivity contribution in [2.45, 2.75) is 6.92 Å². The second-order valence-electron chi connectivity index (χ2n) is 6.80. The van der Waals surface area contributed by atoms with E-state index >= 15 is 0 Å². The number of carbonyl (C=O) groups excluding carboxylic acids is 2. The fourth-order valence-corrected chi connectivity index (χ4v) is 3.56. The van der Waals surface area contributed by atoms with E-state index in [1.54, 1.807) is 56.5 Å². The van der Waals surface area contributed by atoms with Crippen LogP contribution in [0.3, 0.4) is 0 Å². The maximum Gasteiger partial charge on any atom is 0.340 e. The predicted octanol–water partition coefficient (Wildman–Crippen LogP) is 3.60. The van der Waals surface area contributed by atoms with Crippen molar-refractivity contribution in [2.75, 3.05) is 40.4 Å². The van der Waals surface area contributed by atoms with E-state index in [1.165, 1.54) is 33.3 Å². The molecule has 0 atom stereocenters. The first-order chi connectivity index (χ1) is 15.4. The highest BCUT2D eigenvalue weighted by Crippen LogP contribution is 2.40. The van der Waals surface area contributed by atoms with E-state index in [4.69, 9.17) is 23.7 Å². The summed E-state index contributed by atoms with van der Waals surface area (Å²) in [5.41, 5.74) is 1.88. The molecule has 0 unspecified atom stereocenters. The van der Waals surface area contributed by atoms with Crippen molar-refractivity contribution in [3.8, 4) is 23.0 Å². The zero-order valence-corrected chi connectivity index (χ0v) is 18.8. The lowest BCUT2D eigenvalue weighted by Crippen LogP contribution is -2.24. The van der Waals surface area contributed by atoms with Crippen molar-refractivity contribution >= 4 is 23.6 Å². The zero-order chi connectivity index (χ0) is 23.4. The molecule has 0 spiro atoms. The molecule has 1 aliphatic heterocycles. The lowest BCUT2D eigenvalue weighted by atomic mass is 10.0. The van der Waals surface area contributed by atoms with Crippen LogP contribution in [0.5, 0.6) is 23.0 Å². The van der Waals surface area contributed by atoms with Crippen LogP contribution >= 0.6 is 0 Å². The van der Waals surface area contributed by atoms with Gasteiger partial charge in [0.2, 0.25) is 0 Å². The van der Waals surface area contributed by atoms with Gasteiger partial charge in [0.25, 0.3) is 5.91 Å². The van der Waals surface area contributed by atoms with Crippen molar-refractivity contribution in [1.82, 2.24) is 0 Å². The normalized spacial score (nSPS) is 14.6. The molecule has 0 saturated carbocycles. The van der Waals surface area contributed by atoms with Crippen molar-refractivity contribution in [2.24, 2.45) is 0 Å². The largest absolute Gasteiger partial charge is 0.497 e. The number of nitrogens with zero attached hydrogens (tertiary/aromatic N) is 1. The molecule has 0 aromatic heterocycles. The number of carbonyl (C=O) groups is 2. The minimum absolute atomic E-state index is 0.164. The Labute approximate surface area is 186 Å². The fraction of sp³-hybridized carbons (Fsp3) is 0.250. The van der Waals surface area contributed by atoms with E-state index in [-0.39, 0.29) is 17.1 Å². The molecular formula is C24H25NO7. The Morgan fingerprint density at radius 2 is 1.50 bits per heavy atom. The fourth-order valence-electron chi connectivity index (χ4n) is 3.56. The van der Waals surface area contributed by atoms with Crippen molar-refractivity contribution < 1.29 is 33.3 Å². The Bertz CT molecular complexity index is 1120. The van der Waals surface area contributed by atoms with Crippen LogP contribution in [-0.2, 0) is 14.3 Å². The summed E-state index contributed by atoms with van der Waals surface area (Å²) in [4.78, 5) is 27.6. The number of amides is 1. The van der Waals surface area contributed by atoms with Crippen molar-refractivity contribution in [3.05, 3.63) is 58.8 Å². The summed E-state index contributed by atoms with van der Waals surface area (Å²) in [6, 6.07) is 10.3. The summed E-state index contributed by atoms with van der Waals surface area (Å²) in [6.45, 7) is 1.69. The molecule has 0 N–H and O–H groups in total. The van der Waals surface area contributed by atoms with E-state index < -0.39 is 5.97 Å². The molecule has 1 amide bonds. The summed E-state index contributed by atoms with van der Waals surface area (Å²) in [6.07, 6.45) is 1.60. The Morgan fingerprint density at radius 3 is 2.09 bits per heavy atom. The molecule has 1 heterocycles. The van der Waals surface area contributed by atoms with Gasteiger partial charge in [-0.3, -0.25) is 9.69 Å². The number of esters is 1. The van der Waals surface area contributed by atoms with Crippen LogP contribution in [0, 0.1) is 0 Å². The summed E-state index contributed by atoms with van der Waals surface area (Å²) >= 11 is 0. The van der Waals surface area contributed by atoms with E-state index in [0.29, 0.717) is 39.9 Å². The third-order valence-electron chi connectivity index (χ3n) is 5.15. The lowest BCUT2D eigenvalue weighted by Gasteiger charge is -2.19. The third kappa shape index (κ3) is 3.99. The molecule has 0 fully saturated rings. The van der Waals surface area contributed by atoms with Crippen molar-refractivity contribution in [3.63, 3.8) is 0 Å². The van der Waals surface area contributed by atoms with Gasteiger partial charge in [-0.2, -0.15) is 0 Å². The first kappa shape index (κ1) is 22.7. The van der Waals surface area contributed by atoms with Gasteiger partial charge in [-0.1, -0.05) is 0 Å². The molecule has 8 nitrogen and oxygen atoms in total. The van der Waals surface area contributed by atoms with Gasteiger partial charge < -0.3 is 23.7 Å². The Hall–Kier alpha value is -3.94. The predicted molar refractivity (Wildman–Crippen MR) is 119 cm³/mol. The molecule has 2 aromatic carbocycles. The lowest BCUT2D eigenvalue weighted by molar-refractivity contribution is -0.136. The molecule has 0 bridgehead atoms. The first-order valence-corrected chi connectivity index (χ1v) is 9.69. The molecule has 1 aliphatic rings. The van der Waals surface area contributed by atoms with Gasteiger partial charge in [-0.15, -0.1) is 0 Å². The van der Waals surface area contributed by atoms with E-state index in [2.05, 4.69) is 0 Å². The molecule has 32 heavy (non-hydrogen) atoms. The van der Waals surface area contributed by atoms with Gasteiger partial charge in [-0.25, -0.2) is 4.79 Å². The highest BCUT2D eigenvalue weighted by molar-refractivity contribution is 6.24. The van der Waals surface area contributed by atoms with Crippen molar-refractivity contribution in [1.29, 1.82) is 0 Å². The average molecular weight is 439 g/mol. The minimum atomic E-state index is -0.619. The molecule has 8 heteroatoms. The van der Waals surface area contributed by atoms with E-state index in [0.717, 1.165) is 0 Å². The highest BCUT2D eigenvalue weighted by Gasteiger charge is 2.38. The van der Waals surface area contributed by atoms with E-state index in [9.17, 15) is 9.59 Å². The van der Waals surface area contributed by atoms with E-state index in [1.807, 2.05) is 0 Å².